The van der Waals surface area contributed by atoms with Gasteiger partial charge in [0.1, 0.15) is 0 Å². The topological polar surface area (TPSA) is 36.0 Å². The van der Waals surface area contributed by atoms with E-state index in [1.54, 1.807) is 11.1 Å². The summed E-state index contributed by atoms with van der Waals surface area (Å²) < 4.78 is 0. The molecule has 0 aliphatic heterocycles. The average Bonchev–Trinajstić information content (AvgIpc) is 3.08. The molecule has 2 N–H and O–H groups in total. The second kappa shape index (κ2) is 7.12. The van der Waals surface area contributed by atoms with Crippen molar-refractivity contribution >= 4 is 10.9 Å². The van der Waals surface area contributed by atoms with Gasteiger partial charge in [-0.15, -0.1) is 0 Å². The number of H-pyrrole nitrogens is 1. The van der Waals surface area contributed by atoms with Crippen molar-refractivity contribution in [3.05, 3.63) is 58.3 Å². The molecule has 3 aliphatic carbocycles. The van der Waals surface area contributed by atoms with Gasteiger partial charge in [-0.2, -0.15) is 0 Å². The van der Waals surface area contributed by atoms with Gasteiger partial charge in [-0.1, -0.05) is 54.8 Å². The Labute approximate surface area is 181 Å². The van der Waals surface area contributed by atoms with Gasteiger partial charge in [0.15, 0.2) is 0 Å². The van der Waals surface area contributed by atoms with E-state index in [0.29, 0.717) is 5.92 Å². The fourth-order valence-electron chi connectivity index (χ4n) is 7.35. The fraction of sp³-hybridized carbons (Fsp3) is 0.571. The minimum absolute atomic E-state index is 0.0831. The van der Waals surface area contributed by atoms with Crippen LogP contribution in [0, 0.1) is 16.7 Å². The van der Waals surface area contributed by atoms with Crippen LogP contribution >= 0.6 is 0 Å². The molecule has 5 rings (SSSR count). The van der Waals surface area contributed by atoms with Crippen LogP contribution < -0.4 is 0 Å². The monoisotopic (exact) mass is 403 g/mol. The maximum Gasteiger partial charge on any atom is 0.0639 e. The highest BCUT2D eigenvalue weighted by Crippen LogP contribution is 2.66. The molecule has 1 aromatic carbocycles. The normalized spacial score (nSPS) is 33.1. The number of aliphatic hydroxyl groups excluding tert-OH is 1. The third kappa shape index (κ3) is 2.72. The molecule has 0 amide bonds. The van der Waals surface area contributed by atoms with Crippen LogP contribution in [-0.2, 0) is 12.8 Å². The van der Waals surface area contributed by atoms with Gasteiger partial charge in [-0.05, 0) is 81.8 Å². The number of hydrogen-bond donors (Lipinski definition) is 2. The Balaban J connectivity index is 1.65. The van der Waals surface area contributed by atoms with E-state index in [-0.39, 0.29) is 16.9 Å². The van der Waals surface area contributed by atoms with Gasteiger partial charge in [0, 0.05) is 28.4 Å². The number of fused-ring (bicyclic) bond motifs is 5. The predicted octanol–water partition coefficient (Wildman–Crippen LogP) is 6.89. The van der Waals surface area contributed by atoms with Crippen molar-refractivity contribution < 1.29 is 5.11 Å². The second-order valence-corrected chi connectivity index (χ2v) is 10.8. The summed E-state index contributed by atoms with van der Waals surface area (Å²) in [6.45, 7) is 9.35. The van der Waals surface area contributed by atoms with Crippen LogP contribution in [0.1, 0.15) is 77.5 Å². The molecule has 1 aromatic heterocycles. The van der Waals surface area contributed by atoms with E-state index in [9.17, 15) is 5.11 Å². The highest BCUT2D eigenvalue weighted by Gasteiger charge is 2.60. The smallest absolute Gasteiger partial charge is 0.0639 e. The van der Waals surface area contributed by atoms with E-state index in [2.05, 4.69) is 63.0 Å². The Morgan fingerprint density at radius 2 is 2.00 bits per heavy atom. The number of rotatable bonds is 3. The lowest BCUT2D eigenvalue weighted by Crippen LogP contribution is -2.58. The Morgan fingerprint density at radius 1 is 1.20 bits per heavy atom. The van der Waals surface area contributed by atoms with Gasteiger partial charge in [-0.25, -0.2) is 0 Å². The summed E-state index contributed by atoms with van der Waals surface area (Å²) >= 11 is 0. The molecule has 4 atom stereocenters. The van der Waals surface area contributed by atoms with E-state index < -0.39 is 0 Å². The molecule has 0 saturated heterocycles. The molecular weight excluding hydrogens is 366 g/mol. The molecule has 0 spiro atoms. The van der Waals surface area contributed by atoms with Crippen LogP contribution in [0.4, 0.5) is 0 Å². The SMILES string of the molecule is CC(C)=CCCC12C3=C(CCC1(C)C(C)CCC2O)Cc1[nH]c2ccccc2c1C3. The molecule has 1 saturated carbocycles. The van der Waals surface area contributed by atoms with Gasteiger partial charge in [0.25, 0.3) is 0 Å². The number of aromatic nitrogens is 1. The van der Waals surface area contributed by atoms with Crippen molar-refractivity contribution in [1.82, 2.24) is 4.98 Å². The van der Waals surface area contributed by atoms with Gasteiger partial charge < -0.3 is 10.1 Å². The zero-order valence-corrected chi connectivity index (χ0v) is 19.1. The average molecular weight is 404 g/mol. The lowest BCUT2D eigenvalue weighted by Gasteiger charge is -2.62. The highest BCUT2D eigenvalue weighted by molar-refractivity contribution is 5.85. The van der Waals surface area contributed by atoms with Crippen LogP contribution in [0.5, 0.6) is 0 Å². The molecule has 30 heavy (non-hydrogen) atoms. The Hall–Kier alpha value is -1.80. The number of aromatic amines is 1. The second-order valence-electron chi connectivity index (χ2n) is 10.8. The lowest BCUT2D eigenvalue weighted by molar-refractivity contribution is -0.126. The zero-order valence-electron chi connectivity index (χ0n) is 19.1. The number of para-hydroxylation sites is 1. The van der Waals surface area contributed by atoms with Crippen LogP contribution in [0.3, 0.4) is 0 Å². The van der Waals surface area contributed by atoms with Crippen molar-refractivity contribution in [1.29, 1.82) is 0 Å². The van der Waals surface area contributed by atoms with Gasteiger partial charge in [0.05, 0.1) is 6.10 Å². The quantitative estimate of drug-likeness (QED) is 0.538. The molecular formula is C28H37NO. The van der Waals surface area contributed by atoms with E-state index in [4.69, 9.17) is 0 Å². The maximum absolute atomic E-state index is 11.7. The molecule has 0 bridgehead atoms. The largest absolute Gasteiger partial charge is 0.392 e. The molecule has 1 heterocycles. The fourth-order valence-corrected chi connectivity index (χ4v) is 7.35. The number of aliphatic hydroxyl groups is 1. The first-order valence-corrected chi connectivity index (χ1v) is 12.0. The van der Waals surface area contributed by atoms with E-state index in [0.717, 1.165) is 38.5 Å². The Kier molecular flexibility index (Phi) is 4.78. The number of benzene rings is 1. The third-order valence-electron chi connectivity index (χ3n) is 9.20. The van der Waals surface area contributed by atoms with E-state index in [1.165, 1.54) is 40.6 Å². The number of nitrogens with one attached hydrogen (secondary N) is 1. The first-order chi connectivity index (χ1) is 14.4. The first kappa shape index (κ1) is 20.1. The van der Waals surface area contributed by atoms with Crippen molar-refractivity contribution in [2.45, 2.75) is 85.2 Å². The third-order valence-corrected chi connectivity index (χ3v) is 9.20. The van der Waals surface area contributed by atoms with Gasteiger partial charge in [0.2, 0.25) is 0 Å². The Bertz CT molecular complexity index is 1040. The minimum Gasteiger partial charge on any atom is -0.392 e. The maximum atomic E-state index is 11.7. The van der Waals surface area contributed by atoms with Crippen molar-refractivity contribution in [2.24, 2.45) is 16.7 Å². The van der Waals surface area contributed by atoms with Crippen molar-refractivity contribution in [3.63, 3.8) is 0 Å². The lowest BCUT2D eigenvalue weighted by atomic mass is 9.42. The summed E-state index contributed by atoms with van der Waals surface area (Å²) in [5.74, 6) is 0.658. The van der Waals surface area contributed by atoms with Crippen LogP contribution in [0.25, 0.3) is 10.9 Å². The molecule has 2 heteroatoms. The summed E-state index contributed by atoms with van der Waals surface area (Å²) in [6.07, 6.45) is 10.9. The predicted molar refractivity (Wildman–Crippen MR) is 126 cm³/mol. The standard InChI is InChI=1S/C28H37NO/c1-18(2)8-7-14-28-23-17-22-21-9-5-6-10-24(21)29-25(22)16-20(23)13-15-27(28,4)19(3)11-12-26(28)30/h5-6,8-10,19,26,29-30H,7,11-17H2,1-4H3. The number of allylic oxidation sites excluding steroid dienone is 3. The molecule has 0 radical (unpaired) electrons. The van der Waals surface area contributed by atoms with Gasteiger partial charge in [-0.3, -0.25) is 0 Å². The van der Waals surface area contributed by atoms with Crippen LogP contribution in [-0.4, -0.2) is 16.2 Å². The molecule has 4 unspecified atom stereocenters. The summed E-state index contributed by atoms with van der Waals surface area (Å²) in [5.41, 5.74) is 8.88. The van der Waals surface area contributed by atoms with Crippen LogP contribution in [0.15, 0.2) is 47.1 Å². The van der Waals surface area contributed by atoms with Crippen molar-refractivity contribution in [3.8, 4) is 0 Å². The zero-order chi connectivity index (χ0) is 21.1. The van der Waals surface area contributed by atoms with E-state index in [1.807, 2.05) is 0 Å². The number of hydrogen-bond acceptors (Lipinski definition) is 1. The molecule has 160 valence electrons. The summed E-state index contributed by atoms with van der Waals surface area (Å²) in [6, 6.07) is 8.77. The summed E-state index contributed by atoms with van der Waals surface area (Å²) in [7, 11) is 0. The Morgan fingerprint density at radius 3 is 2.80 bits per heavy atom. The van der Waals surface area contributed by atoms with Gasteiger partial charge >= 0.3 is 0 Å². The molecule has 1 fully saturated rings. The summed E-state index contributed by atoms with van der Waals surface area (Å²) in [5, 5.41) is 13.1. The molecule has 3 aliphatic rings. The highest BCUT2D eigenvalue weighted by atomic mass is 16.3. The molecule has 2 nitrogen and oxygen atoms in total. The first-order valence-electron chi connectivity index (χ1n) is 12.0. The van der Waals surface area contributed by atoms with E-state index >= 15 is 0 Å². The summed E-state index contributed by atoms with van der Waals surface area (Å²) in [4.78, 5) is 3.72. The molecule has 2 aromatic rings. The minimum atomic E-state index is -0.221. The van der Waals surface area contributed by atoms with Crippen LogP contribution in [0.2, 0.25) is 0 Å². The van der Waals surface area contributed by atoms with Crippen molar-refractivity contribution in [2.75, 3.05) is 0 Å².